The van der Waals surface area contributed by atoms with E-state index < -0.39 is 0 Å². The van der Waals surface area contributed by atoms with Crippen LogP contribution < -0.4 is 9.47 Å². The molecule has 104 valence electrons. The molecule has 5 heteroatoms. The Morgan fingerprint density at radius 3 is 2.16 bits per heavy atom. The van der Waals surface area contributed by atoms with Gasteiger partial charge in [0.15, 0.2) is 11.5 Å². The van der Waals surface area contributed by atoms with Gasteiger partial charge in [0.2, 0.25) is 5.75 Å². The first-order chi connectivity index (χ1) is 9.13. The van der Waals surface area contributed by atoms with Crippen molar-refractivity contribution >= 4 is 21.6 Å². The van der Waals surface area contributed by atoms with Crippen LogP contribution in [0.15, 0.2) is 12.1 Å². The molecule has 0 unspecified atom stereocenters. The largest absolute Gasteiger partial charge is 0.502 e. The van der Waals surface area contributed by atoms with E-state index in [-0.39, 0.29) is 16.2 Å². The van der Waals surface area contributed by atoms with E-state index >= 15 is 0 Å². The molecule has 1 N–H and O–H groups in total. The molecule has 1 aromatic rings. The molecule has 4 nitrogen and oxygen atoms in total. The number of carbonyl (C=O) groups is 1. The van der Waals surface area contributed by atoms with Crippen molar-refractivity contribution in [2.75, 3.05) is 25.7 Å². The van der Waals surface area contributed by atoms with Gasteiger partial charge in [-0.3, -0.25) is 4.79 Å². The van der Waals surface area contributed by atoms with E-state index in [0.717, 1.165) is 17.1 Å². The molecule has 1 saturated heterocycles. The van der Waals surface area contributed by atoms with Gasteiger partial charge in [-0.1, -0.05) is 0 Å². The van der Waals surface area contributed by atoms with Gasteiger partial charge in [-0.15, -0.1) is 0 Å². The van der Waals surface area contributed by atoms with Crippen molar-refractivity contribution in [1.82, 2.24) is 0 Å². The lowest BCUT2D eigenvalue weighted by Crippen LogP contribution is -2.10. The topological polar surface area (TPSA) is 55.8 Å². The first kappa shape index (κ1) is 13.9. The molecule has 0 atom stereocenters. The monoisotopic (exact) mass is 282 g/mol. The molecule has 2 rings (SSSR count). The molecule has 0 amide bonds. The number of ketones is 1. The predicted molar refractivity (Wildman–Crippen MR) is 77.9 cm³/mol. The average Bonchev–Trinajstić information content (AvgIpc) is 2.43. The van der Waals surface area contributed by atoms with Gasteiger partial charge in [-0.2, -0.15) is 10.5 Å². The Balaban J connectivity index is 2.29. The summed E-state index contributed by atoms with van der Waals surface area (Å²) in [7, 11) is 3.15. The molecule has 0 saturated carbocycles. The lowest BCUT2D eigenvalue weighted by atomic mass is 10.2. The minimum absolute atomic E-state index is 0.0179. The molecule has 1 aliphatic heterocycles. The third kappa shape index (κ3) is 3.29. The number of hydrogen-bond donors (Lipinski definition) is 1. The Labute approximate surface area is 115 Å². The number of ether oxygens (including phenoxy) is 2. The van der Waals surface area contributed by atoms with E-state index in [1.807, 2.05) is 0 Å². The van der Waals surface area contributed by atoms with Crippen LogP contribution in [0.1, 0.15) is 18.4 Å². The molecule has 1 aliphatic rings. The SMILES string of the molecule is COc1cc(C=S2CCC(=O)CC2)cc(OC)c1O. The van der Waals surface area contributed by atoms with E-state index in [1.165, 1.54) is 14.2 Å². The standard InChI is InChI=1S/C14H18O4S/c1-17-12-7-10(8-13(18-2)14(12)16)9-19-5-3-11(15)4-6-19/h7-9,16H,3-6H2,1-2H3. The van der Waals surface area contributed by atoms with E-state index in [4.69, 9.17) is 9.47 Å². The fraction of sp³-hybridized carbons (Fsp3) is 0.429. The molecule has 0 bridgehead atoms. The maximum atomic E-state index is 11.2. The second kappa shape index (κ2) is 6.10. The second-order valence-electron chi connectivity index (χ2n) is 4.38. The maximum Gasteiger partial charge on any atom is 0.200 e. The minimum Gasteiger partial charge on any atom is -0.502 e. The highest BCUT2D eigenvalue weighted by atomic mass is 32.2. The van der Waals surface area contributed by atoms with Crippen molar-refractivity contribution in [2.24, 2.45) is 0 Å². The van der Waals surface area contributed by atoms with E-state index in [2.05, 4.69) is 5.37 Å². The lowest BCUT2D eigenvalue weighted by molar-refractivity contribution is -0.118. The minimum atomic E-state index is 0.0179. The van der Waals surface area contributed by atoms with Gasteiger partial charge in [0.05, 0.1) is 14.2 Å². The Morgan fingerprint density at radius 1 is 1.16 bits per heavy atom. The third-order valence-electron chi connectivity index (χ3n) is 3.09. The number of hydrogen-bond acceptors (Lipinski definition) is 4. The summed E-state index contributed by atoms with van der Waals surface area (Å²) >= 11 is 0. The molecule has 0 aromatic heterocycles. The zero-order valence-corrected chi connectivity index (χ0v) is 12.0. The van der Waals surface area contributed by atoms with Crippen molar-refractivity contribution in [3.63, 3.8) is 0 Å². The highest BCUT2D eigenvalue weighted by Gasteiger charge is 2.13. The average molecular weight is 282 g/mol. The number of phenols is 1. The number of Topliss-reactive ketones (excluding diaryl/α,β-unsaturated/α-hetero) is 1. The van der Waals surface area contributed by atoms with Crippen molar-refractivity contribution in [1.29, 1.82) is 0 Å². The van der Waals surface area contributed by atoms with Crippen molar-refractivity contribution in [2.45, 2.75) is 12.8 Å². The Morgan fingerprint density at radius 2 is 1.68 bits per heavy atom. The zero-order valence-electron chi connectivity index (χ0n) is 11.1. The highest BCUT2D eigenvalue weighted by Crippen LogP contribution is 2.37. The van der Waals surface area contributed by atoms with Crippen LogP contribution in [-0.2, 0) is 4.79 Å². The van der Waals surface area contributed by atoms with Crippen molar-refractivity contribution in [3.8, 4) is 17.2 Å². The maximum absolute atomic E-state index is 11.2. The first-order valence-electron chi connectivity index (χ1n) is 6.12. The molecular formula is C14H18O4S. The number of benzene rings is 1. The van der Waals surface area contributed by atoms with Gasteiger partial charge in [-0.05, 0) is 34.6 Å². The summed E-state index contributed by atoms with van der Waals surface area (Å²) in [6.07, 6.45) is 1.35. The quantitative estimate of drug-likeness (QED) is 0.863. The summed E-state index contributed by atoms with van der Waals surface area (Å²) < 4.78 is 10.3. The molecule has 0 radical (unpaired) electrons. The van der Waals surface area contributed by atoms with Gasteiger partial charge in [0.1, 0.15) is 5.78 Å². The zero-order chi connectivity index (χ0) is 13.8. The fourth-order valence-electron chi connectivity index (χ4n) is 2.01. The predicted octanol–water partition coefficient (Wildman–Crippen LogP) is 2.19. The van der Waals surface area contributed by atoms with Crippen LogP contribution >= 0.6 is 10.5 Å². The first-order valence-corrected chi connectivity index (χ1v) is 7.74. The molecule has 19 heavy (non-hydrogen) atoms. The van der Waals surface area contributed by atoms with Gasteiger partial charge >= 0.3 is 0 Å². The molecule has 1 fully saturated rings. The van der Waals surface area contributed by atoms with Crippen LogP contribution in [-0.4, -0.2) is 42.0 Å². The Kier molecular flexibility index (Phi) is 4.47. The number of phenolic OH excluding ortho intramolecular Hbond substituents is 1. The summed E-state index contributed by atoms with van der Waals surface area (Å²) in [5.74, 6) is 3.03. The lowest BCUT2D eigenvalue weighted by Gasteiger charge is -2.15. The van der Waals surface area contributed by atoms with Crippen LogP contribution in [0.5, 0.6) is 17.2 Å². The van der Waals surface area contributed by atoms with E-state index in [9.17, 15) is 9.90 Å². The summed E-state index contributed by atoms with van der Waals surface area (Å²) in [4.78, 5) is 11.2. The van der Waals surface area contributed by atoms with Crippen LogP contribution in [0.2, 0.25) is 0 Å². The third-order valence-corrected chi connectivity index (χ3v) is 5.15. The van der Waals surface area contributed by atoms with Crippen LogP contribution in [0, 0.1) is 0 Å². The highest BCUT2D eigenvalue weighted by molar-refractivity contribution is 8.15. The van der Waals surface area contributed by atoms with E-state index in [0.29, 0.717) is 30.1 Å². The summed E-state index contributed by atoms with van der Waals surface area (Å²) in [6.45, 7) is 0. The summed E-state index contributed by atoms with van der Waals surface area (Å²) in [5, 5.41) is 12.0. The summed E-state index contributed by atoms with van der Waals surface area (Å²) in [5.41, 5.74) is 0.962. The molecule has 0 aliphatic carbocycles. The number of rotatable bonds is 3. The van der Waals surface area contributed by atoms with Gasteiger partial charge < -0.3 is 14.6 Å². The number of methoxy groups -OCH3 is 2. The van der Waals surface area contributed by atoms with Gasteiger partial charge in [0.25, 0.3) is 0 Å². The smallest absolute Gasteiger partial charge is 0.200 e. The number of carbonyl (C=O) groups excluding carboxylic acids is 1. The Bertz CT molecular complexity index is 485. The molecular weight excluding hydrogens is 264 g/mol. The van der Waals surface area contributed by atoms with Crippen LogP contribution in [0.4, 0.5) is 0 Å². The van der Waals surface area contributed by atoms with Crippen LogP contribution in [0.3, 0.4) is 0 Å². The Hall–Kier alpha value is -1.49. The molecule has 1 heterocycles. The van der Waals surface area contributed by atoms with Crippen LogP contribution in [0.25, 0.3) is 0 Å². The second-order valence-corrected chi connectivity index (χ2v) is 6.50. The van der Waals surface area contributed by atoms with Gasteiger partial charge in [-0.25, -0.2) is 0 Å². The van der Waals surface area contributed by atoms with Gasteiger partial charge in [0, 0.05) is 12.8 Å². The molecule has 0 spiro atoms. The van der Waals surface area contributed by atoms with Crippen molar-refractivity contribution < 1.29 is 19.4 Å². The van der Waals surface area contributed by atoms with Crippen molar-refractivity contribution in [3.05, 3.63) is 17.7 Å². The summed E-state index contributed by atoms with van der Waals surface area (Å²) in [6, 6.07) is 3.59. The van der Waals surface area contributed by atoms with E-state index in [1.54, 1.807) is 12.1 Å². The number of aromatic hydroxyl groups is 1. The fourth-order valence-corrected chi connectivity index (χ4v) is 3.95. The molecule has 1 aromatic carbocycles. The normalized spacial score (nSPS) is 16.2.